The minimum absolute atomic E-state index is 0.237. The molecular formula is C19H18N4O2S. The second-order valence-corrected chi connectivity index (χ2v) is 6.59. The number of carbonyl (C=O) groups excluding carboxylic acids is 1. The molecular weight excluding hydrogens is 348 g/mol. The molecule has 1 N–H and O–H groups in total. The Morgan fingerprint density at radius 1 is 1.31 bits per heavy atom. The SMILES string of the molecule is CCOc1ncccc1C(=O)Nc1ccc(C2=CSC3=NCCN23)cc1. The minimum atomic E-state index is -0.237. The van der Waals surface area contributed by atoms with Crippen LogP contribution in [0.3, 0.4) is 0 Å². The van der Waals surface area contributed by atoms with Gasteiger partial charge in [0.1, 0.15) is 5.56 Å². The Labute approximate surface area is 156 Å². The number of anilines is 1. The smallest absolute Gasteiger partial charge is 0.261 e. The van der Waals surface area contributed by atoms with Crippen LogP contribution in [0.1, 0.15) is 22.8 Å². The highest BCUT2D eigenvalue weighted by Gasteiger charge is 2.26. The number of thioether (sulfide) groups is 1. The van der Waals surface area contributed by atoms with Crippen LogP contribution in [0.2, 0.25) is 0 Å². The molecule has 7 heteroatoms. The number of aromatic nitrogens is 1. The molecule has 0 fully saturated rings. The van der Waals surface area contributed by atoms with E-state index in [0.717, 1.165) is 35.2 Å². The van der Waals surface area contributed by atoms with Gasteiger partial charge in [0.2, 0.25) is 5.88 Å². The number of nitrogens with zero attached hydrogens (tertiary/aromatic N) is 3. The molecule has 0 aliphatic carbocycles. The van der Waals surface area contributed by atoms with E-state index in [0.29, 0.717) is 18.1 Å². The van der Waals surface area contributed by atoms with Gasteiger partial charge in [0.15, 0.2) is 5.17 Å². The van der Waals surface area contributed by atoms with Crippen LogP contribution < -0.4 is 10.1 Å². The van der Waals surface area contributed by atoms with Crippen molar-refractivity contribution in [3.8, 4) is 5.88 Å². The highest BCUT2D eigenvalue weighted by atomic mass is 32.2. The molecule has 1 aromatic heterocycles. The Morgan fingerprint density at radius 3 is 2.96 bits per heavy atom. The third-order valence-corrected chi connectivity index (χ3v) is 5.01. The fraction of sp³-hybridized carbons (Fsp3) is 0.211. The van der Waals surface area contributed by atoms with Gasteiger partial charge >= 0.3 is 0 Å². The number of nitrogens with one attached hydrogen (secondary N) is 1. The lowest BCUT2D eigenvalue weighted by Crippen LogP contribution is -2.19. The Hall–Kier alpha value is -2.80. The highest BCUT2D eigenvalue weighted by Crippen LogP contribution is 2.35. The van der Waals surface area contributed by atoms with Crippen LogP contribution in [0.5, 0.6) is 5.88 Å². The van der Waals surface area contributed by atoms with Crippen molar-refractivity contribution in [2.75, 3.05) is 25.0 Å². The molecule has 0 saturated carbocycles. The molecule has 3 heterocycles. The fourth-order valence-corrected chi connectivity index (χ4v) is 3.85. The highest BCUT2D eigenvalue weighted by molar-refractivity contribution is 8.16. The standard InChI is InChI=1S/C19H18N4O2S/c1-2-25-18-15(4-3-9-20-18)17(24)22-14-7-5-13(6-8-14)16-12-26-19-21-10-11-23(16)19/h3-9,12H,2,10-11H2,1H3,(H,22,24). The molecule has 2 aromatic rings. The summed E-state index contributed by atoms with van der Waals surface area (Å²) in [4.78, 5) is 23.3. The predicted octanol–water partition coefficient (Wildman–Crippen LogP) is 3.45. The van der Waals surface area contributed by atoms with Gasteiger partial charge in [-0.25, -0.2) is 4.98 Å². The summed E-state index contributed by atoms with van der Waals surface area (Å²) in [6, 6.07) is 11.3. The second kappa shape index (κ2) is 7.21. The third kappa shape index (κ3) is 3.17. The summed E-state index contributed by atoms with van der Waals surface area (Å²) in [7, 11) is 0. The van der Waals surface area contributed by atoms with Gasteiger partial charge in [-0.1, -0.05) is 23.9 Å². The summed E-state index contributed by atoms with van der Waals surface area (Å²) < 4.78 is 5.42. The van der Waals surface area contributed by atoms with Crippen molar-refractivity contribution in [3.05, 3.63) is 59.1 Å². The van der Waals surface area contributed by atoms with Crippen LogP contribution in [0.4, 0.5) is 5.69 Å². The molecule has 0 atom stereocenters. The van der Waals surface area contributed by atoms with E-state index < -0.39 is 0 Å². The molecule has 26 heavy (non-hydrogen) atoms. The number of hydrogen-bond acceptors (Lipinski definition) is 6. The van der Waals surface area contributed by atoms with Crippen molar-refractivity contribution in [1.82, 2.24) is 9.88 Å². The van der Waals surface area contributed by atoms with E-state index in [4.69, 9.17) is 4.74 Å². The molecule has 0 spiro atoms. The molecule has 132 valence electrons. The predicted molar refractivity (Wildman–Crippen MR) is 104 cm³/mol. The van der Waals surface area contributed by atoms with Crippen LogP contribution in [-0.4, -0.2) is 40.7 Å². The number of hydrogen-bond donors (Lipinski definition) is 1. The number of aliphatic imine (C=N–C) groups is 1. The molecule has 4 rings (SSSR count). The summed E-state index contributed by atoms with van der Waals surface area (Å²) in [6.45, 7) is 4.09. The van der Waals surface area contributed by atoms with Crippen molar-refractivity contribution in [2.45, 2.75) is 6.92 Å². The van der Waals surface area contributed by atoms with Crippen molar-refractivity contribution >= 4 is 34.2 Å². The molecule has 1 aromatic carbocycles. The molecule has 0 saturated heterocycles. The molecule has 0 unspecified atom stereocenters. The Kier molecular flexibility index (Phi) is 4.62. The first-order valence-electron chi connectivity index (χ1n) is 8.44. The first-order valence-corrected chi connectivity index (χ1v) is 9.32. The maximum absolute atomic E-state index is 12.5. The maximum atomic E-state index is 12.5. The van der Waals surface area contributed by atoms with Gasteiger partial charge < -0.3 is 15.0 Å². The number of amides is 1. The number of benzene rings is 1. The first kappa shape index (κ1) is 16.7. The molecule has 2 aliphatic rings. The van der Waals surface area contributed by atoms with Gasteiger partial charge in [0.05, 0.1) is 18.8 Å². The fourth-order valence-electron chi connectivity index (χ4n) is 2.89. The molecule has 0 radical (unpaired) electrons. The van der Waals surface area contributed by atoms with Gasteiger partial charge in [0, 0.05) is 23.8 Å². The monoisotopic (exact) mass is 366 g/mol. The second-order valence-electron chi connectivity index (χ2n) is 5.76. The van der Waals surface area contributed by atoms with Crippen LogP contribution in [0.25, 0.3) is 5.70 Å². The van der Waals surface area contributed by atoms with Crippen molar-refractivity contribution in [3.63, 3.8) is 0 Å². The molecule has 1 amide bonds. The zero-order valence-electron chi connectivity index (χ0n) is 14.3. The molecule has 6 nitrogen and oxygen atoms in total. The number of pyridine rings is 1. The van der Waals surface area contributed by atoms with Crippen LogP contribution in [0.15, 0.2) is 53.0 Å². The molecule has 2 aliphatic heterocycles. The maximum Gasteiger partial charge on any atom is 0.261 e. The number of carbonyl (C=O) groups is 1. The minimum Gasteiger partial charge on any atom is -0.477 e. The van der Waals surface area contributed by atoms with E-state index >= 15 is 0 Å². The van der Waals surface area contributed by atoms with E-state index in [9.17, 15) is 4.79 Å². The summed E-state index contributed by atoms with van der Waals surface area (Å²) in [5.74, 6) is 0.108. The first-order chi connectivity index (χ1) is 12.8. The quantitative estimate of drug-likeness (QED) is 0.878. The Balaban J connectivity index is 1.48. The number of fused-ring (bicyclic) bond motifs is 1. The third-order valence-electron chi connectivity index (χ3n) is 4.10. The van der Waals surface area contributed by atoms with Gasteiger partial charge in [0.25, 0.3) is 5.91 Å². The average molecular weight is 366 g/mol. The summed E-state index contributed by atoms with van der Waals surface area (Å²) in [6.07, 6.45) is 1.61. The number of amidine groups is 1. The van der Waals surface area contributed by atoms with Crippen molar-refractivity contribution in [2.24, 2.45) is 4.99 Å². The van der Waals surface area contributed by atoms with E-state index in [2.05, 4.69) is 25.6 Å². The van der Waals surface area contributed by atoms with E-state index in [1.54, 1.807) is 30.1 Å². The van der Waals surface area contributed by atoms with E-state index in [1.807, 2.05) is 31.2 Å². The van der Waals surface area contributed by atoms with Crippen LogP contribution in [0, 0.1) is 0 Å². The van der Waals surface area contributed by atoms with E-state index in [-0.39, 0.29) is 5.91 Å². The van der Waals surface area contributed by atoms with Crippen molar-refractivity contribution < 1.29 is 9.53 Å². The van der Waals surface area contributed by atoms with Crippen LogP contribution in [-0.2, 0) is 0 Å². The van der Waals surface area contributed by atoms with Gasteiger partial charge in [-0.15, -0.1) is 0 Å². The molecule has 0 bridgehead atoms. The van der Waals surface area contributed by atoms with Crippen molar-refractivity contribution in [1.29, 1.82) is 0 Å². The average Bonchev–Trinajstić information content (AvgIpc) is 3.27. The summed E-state index contributed by atoms with van der Waals surface area (Å²) >= 11 is 1.66. The lowest BCUT2D eigenvalue weighted by atomic mass is 10.1. The Bertz CT molecular complexity index is 893. The topological polar surface area (TPSA) is 66.8 Å². The largest absolute Gasteiger partial charge is 0.477 e. The number of rotatable bonds is 5. The summed E-state index contributed by atoms with van der Waals surface area (Å²) in [5, 5.41) is 6.09. The lowest BCUT2D eigenvalue weighted by Gasteiger charge is -2.17. The normalized spacial score (nSPS) is 15.3. The number of ether oxygens (including phenoxy) is 1. The summed E-state index contributed by atoms with van der Waals surface area (Å²) in [5.41, 5.74) is 3.42. The Morgan fingerprint density at radius 2 is 2.15 bits per heavy atom. The lowest BCUT2D eigenvalue weighted by molar-refractivity contribution is 0.102. The van der Waals surface area contributed by atoms with Gasteiger partial charge in [-0.3, -0.25) is 9.79 Å². The van der Waals surface area contributed by atoms with Gasteiger partial charge in [-0.05, 0) is 36.8 Å². The zero-order valence-corrected chi connectivity index (χ0v) is 15.1. The zero-order chi connectivity index (χ0) is 17.9. The van der Waals surface area contributed by atoms with Crippen LogP contribution >= 0.6 is 11.8 Å². The van der Waals surface area contributed by atoms with E-state index in [1.165, 1.54) is 0 Å². The van der Waals surface area contributed by atoms with Gasteiger partial charge in [-0.2, -0.15) is 0 Å².